The van der Waals surface area contributed by atoms with Gasteiger partial charge in [0.05, 0.1) is 7.11 Å². The third kappa shape index (κ3) is 3.15. The van der Waals surface area contributed by atoms with Crippen molar-refractivity contribution in [2.24, 2.45) is 5.92 Å². The maximum absolute atomic E-state index is 5.45. The summed E-state index contributed by atoms with van der Waals surface area (Å²) in [7, 11) is 1.76. The second kappa shape index (κ2) is 6.59. The third-order valence-corrected chi connectivity index (χ3v) is 4.73. The molecule has 1 N–H and O–H groups in total. The quantitative estimate of drug-likeness (QED) is 0.866. The second-order valence-electron chi connectivity index (χ2n) is 6.08. The molecule has 1 unspecified atom stereocenters. The molecule has 1 aromatic rings. The average Bonchev–Trinajstić information content (AvgIpc) is 2.94. The van der Waals surface area contributed by atoms with Gasteiger partial charge in [0.25, 0.3) is 0 Å². The van der Waals surface area contributed by atoms with Crippen molar-refractivity contribution in [1.82, 2.24) is 5.32 Å². The largest absolute Gasteiger partial charge is 0.496 e. The number of methoxy groups -OCH3 is 1. The number of rotatable bonds is 6. The van der Waals surface area contributed by atoms with Crippen LogP contribution in [0.2, 0.25) is 0 Å². The van der Waals surface area contributed by atoms with Crippen LogP contribution in [0.1, 0.15) is 37.2 Å². The van der Waals surface area contributed by atoms with Crippen LogP contribution < -0.4 is 10.1 Å². The minimum atomic E-state index is 0.665. The standard InChI is InChI=1S/C17H25NO2/c1-19-17-5-3-2-4-16(17)14-10-15(11-14)18-8-6-13-7-9-20-12-13/h2-5,13-15,18H,6-12H2,1H3. The van der Waals surface area contributed by atoms with Gasteiger partial charge in [0.15, 0.2) is 0 Å². The predicted octanol–water partition coefficient (Wildman–Crippen LogP) is 2.96. The van der Waals surface area contributed by atoms with Crippen LogP contribution in [0.15, 0.2) is 24.3 Å². The predicted molar refractivity (Wildman–Crippen MR) is 80.3 cm³/mol. The molecule has 1 atom stereocenters. The maximum atomic E-state index is 5.45. The fourth-order valence-corrected chi connectivity index (χ4v) is 3.34. The zero-order valence-electron chi connectivity index (χ0n) is 12.3. The normalized spacial score (nSPS) is 29.1. The molecule has 1 aliphatic carbocycles. The van der Waals surface area contributed by atoms with E-state index in [0.29, 0.717) is 12.0 Å². The van der Waals surface area contributed by atoms with E-state index < -0.39 is 0 Å². The summed E-state index contributed by atoms with van der Waals surface area (Å²) in [6.07, 6.45) is 4.98. The van der Waals surface area contributed by atoms with Gasteiger partial charge in [-0.05, 0) is 55.7 Å². The Morgan fingerprint density at radius 2 is 2.15 bits per heavy atom. The number of ether oxygens (including phenoxy) is 2. The van der Waals surface area contributed by atoms with Crippen molar-refractivity contribution in [3.8, 4) is 5.75 Å². The highest BCUT2D eigenvalue weighted by Gasteiger charge is 2.31. The van der Waals surface area contributed by atoms with Crippen LogP contribution in [-0.4, -0.2) is 32.9 Å². The Kier molecular flexibility index (Phi) is 4.58. The minimum absolute atomic E-state index is 0.665. The Hall–Kier alpha value is -1.06. The fraction of sp³-hybridized carbons (Fsp3) is 0.647. The first kappa shape index (κ1) is 13.9. The zero-order valence-corrected chi connectivity index (χ0v) is 12.3. The summed E-state index contributed by atoms with van der Waals surface area (Å²) in [5.74, 6) is 2.49. The Labute approximate surface area is 121 Å². The third-order valence-electron chi connectivity index (χ3n) is 4.73. The van der Waals surface area contributed by atoms with E-state index in [1.54, 1.807) is 7.11 Å². The molecule has 0 radical (unpaired) electrons. The highest BCUT2D eigenvalue weighted by Crippen LogP contribution is 2.40. The molecular weight excluding hydrogens is 250 g/mol. The Morgan fingerprint density at radius 3 is 2.90 bits per heavy atom. The molecule has 1 saturated carbocycles. The first-order valence-electron chi connectivity index (χ1n) is 7.81. The molecule has 3 rings (SSSR count). The molecule has 0 spiro atoms. The van der Waals surface area contributed by atoms with E-state index in [9.17, 15) is 0 Å². The van der Waals surface area contributed by atoms with Gasteiger partial charge < -0.3 is 14.8 Å². The molecule has 1 aromatic carbocycles. The summed E-state index contributed by atoms with van der Waals surface area (Å²) in [5, 5.41) is 3.69. The molecular formula is C17H25NO2. The molecule has 110 valence electrons. The lowest BCUT2D eigenvalue weighted by Crippen LogP contribution is -2.41. The second-order valence-corrected chi connectivity index (χ2v) is 6.08. The van der Waals surface area contributed by atoms with E-state index in [4.69, 9.17) is 9.47 Å². The van der Waals surface area contributed by atoms with Gasteiger partial charge in [-0.15, -0.1) is 0 Å². The number of para-hydroxylation sites is 1. The SMILES string of the molecule is COc1ccccc1C1CC(NCCC2CCOC2)C1. The first-order valence-corrected chi connectivity index (χ1v) is 7.81. The van der Waals surface area contributed by atoms with Gasteiger partial charge in [-0.1, -0.05) is 18.2 Å². The summed E-state index contributed by atoms with van der Waals surface area (Å²) in [6, 6.07) is 9.11. The molecule has 1 heterocycles. The van der Waals surface area contributed by atoms with Crippen LogP contribution in [-0.2, 0) is 4.74 Å². The van der Waals surface area contributed by atoms with E-state index in [1.807, 2.05) is 6.07 Å². The first-order chi connectivity index (χ1) is 9.86. The summed E-state index contributed by atoms with van der Waals surface area (Å²) < 4.78 is 10.9. The van der Waals surface area contributed by atoms with Gasteiger partial charge in [0.2, 0.25) is 0 Å². The summed E-state index contributed by atoms with van der Waals surface area (Å²) in [5.41, 5.74) is 1.37. The molecule has 0 bridgehead atoms. The lowest BCUT2D eigenvalue weighted by atomic mass is 9.75. The van der Waals surface area contributed by atoms with Gasteiger partial charge in [-0.25, -0.2) is 0 Å². The van der Waals surface area contributed by atoms with Crippen LogP contribution in [0.4, 0.5) is 0 Å². The molecule has 0 amide bonds. The van der Waals surface area contributed by atoms with Gasteiger partial charge in [0, 0.05) is 19.3 Å². The van der Waals surface area contributed by atoms with Crippen LogP contribution in [0.25, 0.3) is 0 Å². The lowest BCUT2D eigenvalue weighted by Gasteiger charge is -2.37. The number of nitrogens with one attached hydrogen (secondary N) is 1. The smallest absolute Gasteiger partial charge is 0.122 e. The van der Waals surface area contributed by atoms with E-state index in [2.05, 4.69) is 23.5 Å². The maximum Gasteiger partial charge on any atom is 0.122 e. The van der Waals surface area contributed by atoms with Crippen molar-refractivity contribution in [2.75, 3.05) is 26.9 Å². The van der Waals surface area contributed by atoms with Gasteiger partial charge in [-0.2, -0.15) is 0 Å². The van der Waals surface area contributed by atoms with E-state index in [-0.39, 0.29) is 0 Å². The van der Waals surface area contributed by atoms with E-state index >= 15 is 0 Å². The molecule has 3 nitrogen and oxygen atoms in total. The zero-order chi connectivity index (χ0) is 13.8. The average molecular weight is 275 g/mol. The van der Waals surface area contributed by atoms with Gasteiger partial charge in [-0.3, -0.25) is 0 Å². The van der Waals surface area contributed by atoms with Crippen molar-refractivity contribution in [2.45, 2.75) is 37.6 Å². The van der Waals surface area contributed by atoms with Gasteiger partial charge >= 0.3 is 0 Å². The molecule has 0 aromatic heterocycles. The van der Waals surface area contributed by atoms with Crippen LogP contribution >= 0.6 is 0 Å². The van der Waals surface area contributed by atoms with Crippen molar-refractivity contribution in [1.29, 1.82) is 0 Å². The molecule has 2 aliphatic rings. The van der Waals surface area contributed by atoms with Crippen LogP contribution in [0.3, 0.4) is 0 Å². The van der Waals surface area contributed by atoms with Crippen LogP contribution in [0, 0.1) is 5.92 Å². The lowest BCUT2D eigenvalue weighted by molar-refractivity contribution is 0.183. The fourth-order valence-electron chi connectivity index (χ4n) is 3.34. The monoisotopic (exact) mass is 275 g/mol. The highest BCUT2D eigenvalue weighted by molar-refractivity contribution is 5.37. The topological polar surface area (TPSA) is 30.5 Å². The Morgan fingerprint density at radius 1 is 1.30 bits per heavy atom. The van der Waals surface area contributed by atoms with Crippen molar-refractivity contribution in [3.05, 3.63) is 29.8 Å². The Bertz CT molecular complexity index is 423. The minimum Gasteiger partial charge on any atom is -0.496 e. The summed E-state index contributed by atoms with van der Waals surface area (Å²) in [4.78, 5) is 0. The summed E-state index contributed by atoms with van der Waals surface area (Å²) in [6.45, 7) is 3.07. The number of hydrogen-bond donors (Lipinski definition) is 1. The van der Waals surface area contributed by atoms with E-state index in [1.165, 1.54) is 31.2 Å². The summed E-state index contributed by atoms with van der Waals surface area (Å²) >= 11 is 0. The molecule has 2 fully saturated rings. The number of benzene rings is 1. The van der Waals surface area contributed by atoms with E-state index in [0.717, 1.165) is 31.4 Å². The van der Waals surface area contributed by atoms with Crippen molar-refractivity contribution in [3.63, 3.8) is 0 Å². The highest BCUT2D eigenvalue weighted by atomic mass is 16.5. The molecule has 20 heavy (non-hydrogen) atoms. The van der Waals surface area contributed by atoms with Crippen molar-refractivity contribution < 1.29 is 9.47 Å². The molecule has 1 saturated heterocycles. The van der Waals surface area contributed by atoms with Crippen molar-refractivity contribution >= 4 is 0 Å². The Balaban J connectivity index is 1.40. The molecule has 1 aliphatic heterocycles. The number of hydrogen-bond acceptors (Lipinski definition) is 3. The molecule has 3 heteroatoms. The van der Waals surface area contributed by atoms with Crippen LogP contribution in [0.5, 0.6) is 5.75 Å². The van der Waals surface area contributed by atoms with Gasteiger partial charge in [0.1, 0.15) is 5.75 Å².